The molecular formula is C8H12O5S. The van der Waals surface area contributed by atoms with Crippen LogP contribution in [0.5, 0.6) is 0 Å². The third kappa shape index (κ3) is 2.81. The maximum absolute atomic E-state index is 11.2. The minimum Gasteiger partial charge on any atom is -0.463 e. The van der Waals surface area contributed by atoms with Crippen molar-refractivity contribution in [2.24, 2.45) is 0 Å². The van der Waals surface area contributed by atoms with Crippen molar-refractivity contribution in [1.82, 2.24) is 0 Å². The van der Waals surface area contributed by atoms with Gasteiger partial charge in [0.2, 0.25) is 12.0 Å². The maximum atomic E-state index is 11.2. The summed E-state index contributed by atoms with van der Waals surface area (Å²) in [7, 11) is -0.00103. The van der Waals surface area contributed by atoms with Crippen molar-refractivity contribution >= 4 is 16.8 Å². The van der Waals surface area contributed by atoms with Gasteiger partial charge in [0.25, 0.3) is 0 Å². The van der Waals surface area contributed by atoms with Crippen LogP contribution in [0.25, 0.3) is 0 Å². The van der Waals surface area contributed by atoms with Gasteiger partial charge in [-0.2, -0.15) is 0 Å². The van der Waals surface area contributed by atoms with Crippen LogP contribution < -0.4 is 0 Å². The maximum Gasteiger partial charge on any atom is 0.374 e. The molecule has 0 radical (unpaired) electrons. The quantitative estimate of drug-likeness (QED) is 0.633. The number of hydrogen-bond acceptors (Lipinski definition) is 5. The van der Waals surface area contributed by atoms with E-state index in [9.17, 15) is 9.00 Å². The lowest BCUT2D eigenvalue weighted by Gasteiger charge is -2.22. The van der Waals surface area contributed by atoms with E-state index in [-0.39, 0.29) is 11.5 Å². The number of esters is 1. The molecule has 2 atom stereocenters. The summed E-state index contributed by atoms with van der Waals surface area (Å²) in [6.45, 7) is 2.23. The summed E-state index contributed by atoms with van der Waals surface area (Å²) >= 11 is 0. The Balaban J connectivity index is 2.68. The van der Waals surface area contributed by atoms with Crippen molar-refractivity contribution < 1.29 is 23.2 Å². The standard InChI is InChI=1S/C8H12O5S/c1-3-12-7-5-14(10)4-6(13-7)8(9)11-2/h4,7H,3,5H2,1-2H3/t7-,14+/m1/s1. The van der Waals surface area contributed by atoms with Crippen molar-refractivity contribution in [1.29, 1.82) is 0 Å². The third-order valence-electron chi connectivity index (χ3n) is 1.54. The molecule has 80 valence electrons. The zero-order valence-corrected chi connectivity index (χ0v) is 8.83. The van der Waals surface area contributed by atoms with Gasteiger partial charge in [0, 0.05) is 6.61 Å². The fourth-order valence-corrected chi connectivity index (χ4v) is 1.89. The summed E-state index contributed by atoms with van der Waals surface area (Å²) in [5.74, 6) is -0.438. The highest BCUT2D eigenvalue weighted by atomic mass is 32.2. The van der Waals surface area contributed by atoms with Gasteiger partial charge in [-0.15, -0.1) is 0 Å². The Bertz CT molecular complexity index is 273. The van der Waals surface area contributed by atoms with Gasteiger partial charge in [-0.1, -0.05) is 0 Å². The normalized spacial score (nSPS) is 26.3. The first-order chi connectivity index (χ1) is 6.67. The zero-order chi connectivity index (χ0) is 10.6. The van der Waals surface area contributed by atoms with Gasteiger partial charge in [-0.25, -0.2) is 4.79 Å². The summed E-state index contributed by atoms with van der Waals surface area (Å²) in [5, 5.41) is 1.24. The number of hydrogen-bond donors (Lipinski definition) is 0. The molecule has 0 aromatic carbocycles. The number of carbonyl (C=O) groups is 1. The van der Waals surface area contributed by atoms with Gasteiger partial charge in [0.1, 0.15) is 0 Å². The van der Waals surface area contributed by atoms with E-state index in [1.165, 1.54) is 12.5 Å². The lowest BCUT2D eigenvalue weighted by Crippen LogP contribution is -2.30. The Labute approximate surface area is 84.5 Å². The molecule has 1 rings (SSSR count). The van der Waals surface area contributed by atoms with E-state index in [1.807, 2.05) is 0 Å². The van der Waals surface area contributed by atoms with E-state index in [2.05, 4.69) is 4.74 Å². The number of rotatable bonds is 3. The van der Waals surface area contributed by atoms with Crippen molar-refractivity contribution in [2.75, 3.05) is 19.5 Å². The van der Waals surface area contributed by atoms with Crippen LogP contribution in [0.1, 0.15) is 6.92 Å². The van der Waals surface area contributed by atoms with E-state index < -0.39 is 23.1 Å². The first kappa shape index (κ1) is 11.2. The minimum atomic E-state index is -1.24. The molecule has 0 spiro atoms. The minimum absolute atomic E-state index is 0.0458. The average Bonchev–Trinajstić information content (AvgIpc) is 2.16. The van der Waals surface area contributed by atoms with Gasteiger partial charge in [-0.05, 0) is 6.92 Å². The van der Waals surface area contributed by atoms with E-state index in [1.54, 1.807) is 6.92 Å². The molecule has 5 nitrogen and oxygen atoms in total. The second-order valence-electron chi connectivity index (χ2n) is 2.52. The average molecular weight is 220 g/mol. The second-order valence-corrected chi connectivity index (χ2v) is 3.85. The molecule has 1 aliphatic rings. The topological polar surface area (TPSA) is 61.8 Å². The monoisotopic (exact) mass is 220 g/mol. The Morgan fingerprint density at radius 2 is 2.50 bits per heavy atom. The van der Waals surface area contributed by atoms with Crippen LogP contribution in [0.2, 0.25) is 0 Å². The zero-order valence-electron chi connectivity index (χ0n) is 8.02. The van der Waals surface area contributed by atoms with Crippen LogP contribution in [0.4, 0.5) is 0 Å². The molecule has 0 bridgehead atoms. The van der Waals surface area contributed by atoms with Crippen LogP contribution in [0, 0.1) is 0 Å². The molecule has 0 aliphatic carbocycles. The fraction of sp³-hybridized carbons (Fsp3) is 0.625. The molecular weight excluding hydrogens is 208 g/mol. The fourth-order valence-electron chi connectivity index (χ4n) is 0.970. The molecule has 0 amide bonds. The first-order valence-corrected chi connectivity index (χ1v) is 5.51. The highest BCUT2D eigenvalue weighted by Gasteiger charge is 2.25. The largest absolute Gasteiger partial charge is 0.463 e. The SMILES string of the molecule is CCO[C@H]1C[S@@](=O)C=C(C(=O)OC)O1. The molecule has 0 aromatic heterocycles. The number of carbonyl (C=O) groups excluding carboxylic acids is 1. The first-order valence-electron chi connectivity index (χ1n) is 4.13. The molecule has 0 aromatic rings. The molecule has 0 N–H and O–H groups in total. The summed E-state index contributed by atoms with van der Waals surface area (Å²) < 4.78 is 25.9. The Morgan fingerprint density at radius 1 is 1.79 bits per heavy atom. The highest BCUT2D eigenvalue weighted by Crippen LogP contribution is 2.14. The van der Waals surface area contributed by atoms with E-state index >= 15 is 0 Å². The van der Waals surface area contributed by atoms with Crippen LogP contribution in [-0.2, 0) is 29.8 Å². The van der Waals surface area contributed by atoms with E-state index in [0.717, 1.165) is 0 Å². The molecule has 0 fully saturated rings. The predicted octanol–water partition coefficient (Wildman–Crippen LogP) is 0.142. The molecule has 1 aliphatic heterocycles. The summed E-state index contributed by atoms with van der Waals surface area (Å²) in [4.78, 5) is 11.1. The lowest BCUT2D eigenvalue weighted by atomic mass is 10.5. The number of methoxy groups -OCH3 is 1. The Hall–Kier alpha value is -0.880. The molecule has 0 saturated heterocycles. The van der Waals surface area contributed by atoms with Gasteiger partial charge in [0.05, 0.1) is 29.1 Å². The molecule has 0 unspecified atom stereocenters. The molecule has 1 heterocycles. The van der Waals surface area contributed by atoms with E-state index in [0.29, 0.717) is 6.61 Å². The third-order valence-corrected chi connectivity index (χ3v) is 2.61. The van der Waals surface area contributed by atoms with Crippen molar-refractivity contribution in [3.63, 3.8) is 0 Å². The van der Waals surface area contributed by atoms with Gasteiger partial charge < -0.3 is 14.2 Å². The highest BCUT2D eigenvalue weighted by molar-refractivity contribution is 7.88. The van der Waals surface area contributed by atoms with Crippen LogP contribution >= 0.6 is 0 Å². The second kappa shape index (κ2) is 5.11. The molecule has 14 heavy (non-hydrogen) atoms. The molecule has 6 heteroatoms. The predicted molar refractivity (Wildman–Crippen MR) is 49.6 cm³/mol. The number of ether oxygens (including phenoxy) is 3. The summed E-state index contributed by atoms with van der Waals surface area (Å²) in [6.07, 6.45) is -0.625. The van der Waals surface area contributed by atoms with Gasteiger partial charge in [0.15, 0.2) is 0 Å². The van der Waals surface area contributed by atoms with Crippen molar-refractivity contribution in [2.45, 2.75) is 13.2 Å². The summed E-state index contributed by atoms with van der Waals surface area (Å²) in [6, 6.07) is 0. The Morgan fingerprint density at radius 3 is 3.07 bits per heavy atom. The van der Waals surface area contributed by atoms with Crippen molar-refractivity contribution in [3.05, 3.63) is 11.2 Å². The Kier molecular flexibility index (Phi) is 4.09. The lowest BCUT2D eigenvalue weighted by molar-refractivity contribution is -0.150. The van der Waals surface area contributed by atoms with Crippen LogP contribution in [0.15, 0.2) is 11.2 Å². The van der Waals surface area contributed by atoms with E-state index in [4.69, 9.17) is 9.47 Å². The van der Waals surface area contributed by atoms with Gasteiger partial charge >= 0.3 is 5.97 Å². The van der Waals surface area contributed by atoms with Crippen molar-refractivity contribution in [3.8, 4) is 0 Å². The van der Waals surface area contributed by atoms with Crippen LogP contribution in [-0.4, -0.2) is 35.9 Å². The van der Waals surface area contributed by atoms with Gasteiger partial charge in [-0.3, -0.25) is 4.21 Å². The summed E-state index contributed by atoms with van der Waals surface area (Å²) in [5.41, 5.74) is 0. The molecule has 0 saturated carbocycles. The van der Waals surface area contributed by atoms with Crippen LogP contribution in [0.3, 0.4) is 0 Å². The smallest absolute Gasteiger partial charge is 0.374 e.